The first-order valence-corrected chi connectivity index (χ1v) is 10.3. The van der Waals surface area contributed by atoms with Gasteiger partial charge in [0, 0.05) is 32.0 Å². The Labute approximate surface area is 153 Å². The maximum atomic E-state index is 12.2. The number of anilines is 1. The van der Waals surface area contributed by atoms with Crippen molar-refractivity contribution in [3.05, 3.63) is 53.9 Å². The molecule has 2 heterocycles. The van der Waals surface area contributed by atoms with Crippen LogP contribution in [0.4, 0.5) is 5.95 Å². The average molecular weight is 374 g/mol. The molecule has 1 amide bonds. The van der Waals surface area contributed by atoms with Gasteiger partial charge in [0.05, 0.1) is 17.1 Å². The molecule has 1 aliphatic rings. The molecule has 1 atom stereocenters. The van der Waals surface area contributed by atoms with Crippen molar-refractivity contribution >= 4 is 21.7 Å². The number of aromatic nitrogens is 2. The fourth-order valence-corrected chi connectivity index (χ4v) is 4.71. The van der Waals surface area contributed by atoms with Gasteiger partial charge in [-0.1, -0.05) is 30.3 Å². The molecule has 1 aromatic carbocycles. The van der Waals surface area contributed by atoms with Crippen LogP contribution in [-0.2, 0) is 16.3 Å². The van der Waals surface area contributed by atoms with E-state index >= 15 is 0 Å². The van der Waals surface area contributed by atoms with E-state index in [1.54, 1.807) is 11.9 Å². The Hall–Kier alpha value is -2.48. The Morgan fingerprint density at radius 3 is 2.54 bits per heavy atom. The van der Waals surface area contributed by atoms with E-state index in [0.717, 1.165) is 12.0 Å². The Morgan fingerprint density at radius 1 is 1.23 bits per heavy atom. The quantitative estimate of drug-likeness (QED) is 0.813. The van der Waals surface area contributed by atoms with Gasteiger partial charge in [-0.05, 0) is 18.4 Å². The number of carbonyl (C=O) groups excluding carboxylic acids is 1. The number of amides is 1. The molecule has 1 aliphatic heterocycles. The summed E-state index contributed by atoms with van der Waals surface area (Å²) in [6.07, 6.45) is 4.27. The van der Waals surface area contributed by atoms with Gasteiger partial charge in [0.1, 0.15) is 0 Å². The highest BCUT2D eigenvalue weighted by atomic mass is 32.2. The van der Waals surface area contributed by atoms with Crippen LogP contribution >= 0.6 is 0 Å². The second-order valence-corrected chi connectivity index (χ2v) is 8.66. The van der Waals surface area contributed by atoms with Gasteiger partial charge in [-0.15, -0.1) is 0 Å². The monoisotopic (exact) mass is 374 g/mol. The zero-order valence-corrected chi connectivity index (χ0v) is 15.4. The number of nitrogens with one attached hydrogen (secondary N) is 1. The Bertz CT molecular complexity index is 854. The molecule has 0 radical (unpaired) electrons. The molecule has 2 aromatic rings. The van der Waals surface area contributed by atoms with Crippen molar-refractivity contribution in [2.45, 2.75) is 18.9 Å². The lowest BCUT2D eigenvalue weighted by atomic mass is 10.1. The fourth-order valence-electron chi connectivity index (χ4n) is 2.93. The lowest BCUT2D eigenvalue weighted by Crippen LogP contribution is -2.34. The van der Waals surface area contributed by atoms with E-state index < -0.39 is 9.84 Å². The van der Waals surface area contributed by atoms with Crippen LogP contribution in [0.3, 0.4) is 0 Å². The van der Waals surface area contributed by atoms with Crippen LogP contribution in [0.15, 0.2) is 42.7 Å². The van der Waals surface area contributed by atoms with E-state index in [2.05, 4.69) is 15.3 Å². The summed E-state index contributed by atoms with van der Waals surface area (Å²) < 4.78 is 23.2. The molecule has 0 aliphatic carbocycles. The first-order chi connectivity index (χ1) is 12.4. The molecule has 26 heavy (non-hydrogen) atoms. The molecule has 1 unspecified atom stereocenters. The number of rotatable bonds is 6. The van der Waals surface area contributed by atoms with Crippen molar-refractivity contribution < 1.29 is 13.2 Å². The standard InChI is InChI=1S/C18H22N4O3S/c1-22(16-8-10-26(24,25)13-16)18-20-11-15(12-21-18)17(23)19-9-7-14-5-3-2-4-6-14/h2-6,11-12,16H,7-10,13H2,1H3,(H,19,23). The maximum Gasteiger partial charge on any atom is 0.254 e. The largest absolute Gasteiger partial charge is 0.352 e. The molecular formula is C18H22N4O3S. The normalized spacial score (nSPS) is 18.4. The second kappa shape index (κ2) is 7.82. The SMILES string of the molecule is CN(c1ncc(C(=O)NCCc2ccccc2)cn1)C1CCS(=O)(=O)C1. The summed E-state index contributed by atoms with van der Waals surface area (Å²) in [5.41, 5.74) is 1.54. The van der Waals surface area contributed by atoms with E-state index in [0.29, 0.717) is 24.5 Å². The van der Waals surface area contributed by atoms with Gasteiger partial charge in [0.2, 0.25) is 5.95 Å². The smallest absolute Gasteiger partial charge is 0.254 e. The van der Waals surface area contributed by atoms with Gasteiger partial charge >= 0.3 is 0 Å². The van der Waals surface area contributed by atoms with E-state index in [1.807, 2.05) is 30.3 Å². The van der Waals surface area contributed by atoms with Crippen molar-refractivity contribution in [2.75, 3.05) is 30.0 Å². The first-order valence-electron chi connectivity index (χ1n) is 8.52. The number of benzene rings is 1. The molecule has 1 fully saturated rings. The highest BCUT2D eigenvalue weighted by Crippen LogP contribution is 2.19. The lowest BCUT2D eigenvalue weighted by Gasteiger charge is -2.23. The molecule has 138 valence electrons. The number of nitrogens with zero attached hydrogens (tertiary/aromatic N) is 3. The highest BCUT2D eigenvalue weighted by molar-refractivity contribution is 7.91. The molecule has 0 saturated carbocycles. The van der Waals surface area contributed by atoms with Crippen molar-refractivity contribution in [2.24, 2.45) is 0 Å². The van der Waals surface area contributed by atoms with Crippen molar-refractivity contribution in [3.8, 4) is 0 Å². The molecule has 1 aromatic heterocycles. The van der Waals surface area contributed by atoms with Gasteiger partial charge in [-0.3, -0.25) is 4.79 Å². The van der Waals surface area contributed by atoms with Crippen molar-refractivity contribution in [1.82, 2.24) is 15.3 Å². The van der Waals surface area contributed by atoms with Gasteiger partial charge in [-0.25, -0.2) is 18.4 Å². The third-order valence-corrected chi connectivity index (χ3v) is 6.26. The predicted octanol–water partition coefficient (Wildman–Crippen LogP) is 1.07. The fraction of sp³-hybridized carbons (Fsp3) is 0.389. The Balaban J connectivity index is 1.54. The van der Waals surface area contributed by atoms with Gasteiger partial charge in [0.25, 0.3) is 5.91 Å². The number of carbonyl (C=O) groups is 1. The molecule has 7 nitrogen and oxygen atoms in total. The Morgan fingerprint density at radius 2 is 1.92 bits per heavy atom. The van der Waals surface area contributed by atoms with E-state index in [9.17, 15) is 13.2 Å². The molecule has 1 N–H and O–H groups in total. The van der Waals surface area contributed by atoms with Crippen LogP contribution in [0.2, 0.25) is 0 Å². The summed E-state index contributed by atoms with van der Waals surface area (Å²) in [5, 5.41) is 2.85. The zero-order valence-electron chi connectivity index (χ0n) is 14.6. The summed E-state index contributed by atoms with van der Waals surface area (Å²) >= 11 is 0. The average Bonchev–Trinajstić information content (AvgIpc) is 3.02. The second-order valence-electron chi connectivity index (χ2n) is 6.43. The predicted molar refractivity (Wildman–Crippen MR) is 100.0 cm³/mol. The van der Waals surface area contributed by atoms with E-state index in [-0.39, 0.29) is 23.5 Å². The summed E-state index contributed by atoms with van der Waals surface area (Å²) in [7, 11) is -1.19. The molecule has 1 saturated heterocycles. The topological polar surface area (TPSA) is 92.3 Å². The molecule has 8 heteroatoms. The third-order valence-electron chi connectivity index (χ3n) is 4.51. The number of hydrogen-bond donors (Lipinski definition) is 1. The minimum atomic E-state index is -2.96. The Kier molecular flexibility index (Phi) is 5.51. The first kappa shape index (κ1) is 18.3. The van der Waals surface area contributed by atoms with E-state index in [4.69, 9.17) is 0 Å². The van der Waals surface area contributed by atoms with Crippen LogP contribution in [0.1, 0.15) is 22.3 Å². The van der Waals surface area contributed by atoms with Crippen molar-refractivity contribution in [1.29, 1.82) is 0 Å². The summed E-state index contributed by atoms with van der Waals surface area (Å²) in [4.78, 5) is 22.4. The zero-order chi connectivity index (χ0) is 18.6. The van der Waals surface area contributed by atoms with Crippen molar-refractivity contribution in [3.63, 3.8) is 0 Å². The minimum absolute atomic E-state index is 0.120. The van der Waals surface area contributed by atoms with Crippen LogP contribution in [0.25, 0.3) is 0 Å². The minimum Gasteiger partial charge on any atom is -0.352 e. The summed E-state index contributed by atoms with van der Waals surface area (Å²) in [5.74, 6) is 0.518. The van der Waals surface area contributed by atoms with Gasteiger partial charge in [0.15, 0.2) is 9.84 Å². The summed E-state index contributed by atoms with van der Waals surface area (Å²) in [6, 6.07) is 9.81. The van der Waals surface area contributed by atoms with Gasteiger partial charge < -0.3 is 10.2 Å². The molecule has 0 spiro atoms. The van der Waals surface area contributed by atoms with Gasteiger partial charge in [-0.2, -0.15) is 0 Å². The molecular weight excluding hydrogens is 352 g/mol. The maximum absolute atomic E-state index is 12.2. The summed E-state index contributed by atoms with van der Waals surface area (Å²) in [6.45, 7) is 0.532. The van der Waals surface area contributed by atoms with Crippen LogP contribution in [-0.4, -0.2) is 55.4 Å². The number of hydrogen-bond acceptors (Lipinski definition) is 6. The molecule has 3 rings (SSSR count). The third kappa shape index (κ3) is 4.57. The highest BCUT2D eigenvalue weighted by Gasteiger charge is 2.31. The van der Waals surface area contributed by atoms with Crippen LogP contribution in [0, 0.1) is 0 Å². The lowest BCUT2D eigenvalue weighted by molar-refractivity contribution is 0.0953. The van der Waals surface area contributed by atoms with Crippen LogP contribution < -0.4 is 10.2 Å². The molecule has 0 bridgehead atoms. The number of sulfone groups is 1. The van der Waals surface area contributed by atoms with Crippen LogP contribution in [0.5, 0.6) is 0 Å². The van der Waals surface area contributed by atoms with E-state index in [1.165, 1.54) is 12.4 Å².